The van der Waals surface area contributed by atoms with Crippen LogP contribution in [0.1, 0.15) is 15.2 Å². The van der Waals surface area contributed by atoms with Gasteiger partial charge in [0.1, 0.15) is 11.5 Å². The number of carbonyl (C=O) groups is 1. The largest absolute Gasteiger partial charge is 0.497 e. The van der Waals surface area contributed by atoms with Crippen LogP contribution in [-0.4, -0.2) is 34.9 Å². The molecular formula is C24H22N4O3S. The highest BCUT2D eigenvalue weighted by atomic mass is 32.1. The fraction of sp³-hybridized carbons (Fsp3) is 0.125. The van der Waals surface area contributed by atoms with E-state index in [1.54, 1.807) is 31.6 Å². The van der Waals surface area contributed by atoms with Gasteiger partial charge in [-0.05, 0) is 47.9 Å². The molecule has 0 atom stereocenters. The zero-order valence-electron chi connectivity index (χ0n) is 17.7. The van der Waals surface area contributed by atoms with E-state index in [2.05, 4.69) is 15.4 Å². The Bertz CT molecular complexity index is 1210. The summed E-state index contributed by atoms with van der Waals surface area (Å²) in [5, 5.41) is 9.70. The molecule has 0 unspecified atom stereocenters. The number of carbonyl (C=O) groups excluding carboxylic acids is 1. The van der Waals surface area contributed by atoms with Crippen molar-refractivity contribution in [1.82, 2.24) is 14.8 Å². The number of anilines is 1. The Kier molecular flexibility index (Phi) is 6.62. The maximum atomic E-state index is 13.0. The van der Waals surface area contributed by atoms with Gasteiger partial charge in [-0.2, -0.15) is 9.67 Å². The molecule has 162 valence electrons. The summed E-state index contributed by atoms with van der Waals surface area (Å²) in [5.41, 5.74) is 1.58. The van der Waals surface area contributed by atoms with Crippen molar-refractivity contribution in [3.05, 3.63) is 82.6 Å². The van der Waals surface area contributed by atoms with Crippen LogP contribution in [0.2, 0.25) is 0 Å². The van der Waals surface area contributed by atoms with Gasteiger partial charge < -0.3 is 14.8 Å². The van der Waals surface area contributed by atoms with Crippen molar-refractivity contribution in [2.24, 2.45) is 0 Å². The van der Waals surface area contributed by atoms with Crippen LogP contribution in [0.5, 0.6) is 11.5 Å². The summed E-state index contributed by atoms with van der Waals surface area (Å²) >= 11 is 1.63. The Morgan fingerprint density at radius 2 is 1.88 bits per heavy atom. The third-order valence-electron chi connectivity index (χ3n) is 4.71. The van der Waals surface area contributed by atoms with Crippen molar-refractivity contribution >= 4 is 29.3 Å². The predicted octanol–water partition coefficient (Wildman–Crippen LogP) is 4.99. The highest BCUT2D eigenvalue weighted by Gasteiger charge is 2.16. The van der Waals surface area contributed by atoms with E-state index >= 15 is 0 Å². The van der Waals surface area contributed by atoms with Gasteiger partial charge in [0.05, 0.1) is 20.8 Å². The second kappa shape index (κ2) is 9.93. The monoisotopic (exact) mass is 446 g/mol. The van der Waals surface area contributed by atoms with Crippen LogP contribution >= 0.6 is 11.3 Å². The minimum atomic E-state index is -0.322. The number of rotatable bonds is 8. The standard InChI is InChI=1S/C24H22N4O3S/c1-30-19-12-9-18(10-13-19)23-26-24(25-16-20-7-5-15-32-20)28(27-23)22(29)14-11-17-6-3-4-8-21(17)31-2/h3-15H,16H2,1-2H3,(H,25,26,27). The molecule has 2 heterocycles. The van der Waals surface area contributed by atoms with E-state index in [9.17, 15) is 4.79 Å². The lowest BCUT2D eigenvalue weighted by Crippen LogP contribution is -2.14. The molecule has 4 rings (SSSR count). The van der Waals surface area contributed by atoms with Gasteiger partial charge in [0, 0.05) is 22.1 Å². The van der Waals surface area contributed by atoms with Crippen molar-refractivity contribution < 1.29 is 14.3 Å². The van der Waals surface area contributed by atoms with E-state index in [0.717, 1.165) is 21.8 Å². The molecule has 0 bridgehead atoms. The molecule has 2 aromatic carbocycles. The van der Waals surface area contributed by atoms with Crippen LogP contribution in [-0.2, 0) is 6.54 Å². The van der Waals surface area contributed by atoms with E-state index in [-0.39, 0.29) is 5.91 Å². The van der Waals surface area contributed by atoms with E-state index in [1.807, 2.05) is 66.0 Å². The average Bonchev–Trinajstić information content (AvgIpc) is 3.51. The summed E-state index contributed by atoms with van der Waals surface area (Å²) in [4.78, 5) is 18.7. The highest BCUT2D eigenvalue weighted by Crippen LogP contribution is 2.23. The number of hydrogen-bond donors (Lipinski definition) is 1. The van der Waals surface area contributed by atoms with Crippen LogP contribution in [0.3, 0.4) is 0 Å². The van der Waals surface area contributed by atoms with Gasteiger partial charge >= 0.3 is 0 Å². The summed E-state index contributed by atoms with van der Waals surface area (Å²) in [6.45, 7) is 0.544. The Morgan fingerprint density at radius 3 is 2.59 bits per heavy atom. The lowest BCUT2D eigenvalue weighted by Gasteiger charge is -2.05. The Balaban J connectivity index is 1.63. The van der Waals surface area contributed by atoms with Crippen molar-refractivity contribution in [3.8, 4) is 22.9 Å². The first-order chi connectivity index (χ1) is 15.7. The molecule has 2 aromatic heterocycles. The third-order valence-corrected chi connectivity index (χ3v) is 5.59. The zero-order valence-corrected chi connectivity index (χ0v) is 18.5. The van der Waals surface area contributed by atoms with E-state index in [4.69, 9.17) is 9.47 Å². The van der Waals surface area contributed by atoms with Gasteiger partial charge in [0.25, 0.3) is 5.91 Å². The maximum Gasteiger partial charge on any atom is 0.274 e. The van der Waals surface area contributed by atoms with Gasteiger partial charge in [-0.1, -0.05) is 24.3 Å². The van der Waals surface area contributed by atoms with Gasteiger partial charge in [0.2, 0.25) is 5.95 Å². The Morgan fingerprint density at radius 1 is 1.06 bits per heavy atom. The van der Waals surface area contributed by atoms with Crippen molar-refractivity contribution in [1.29, 1.82) is 0 Å². The minimum absolute atomic E-state index is 0.322. The molecule has 0 radical (unpaired) electrons. The van der Waals surface area contributed by atoms with Gasteiger partial charge in [-0.25, -0.2) is 0 Å². The van der Waals surface area contributed by atoms with Crippen molar-refractivity contribution in [3.63, 3.8) is 0 Å². The molecule has 0 spiro atoms. The number of nitrogens with zero attached hydrogens (tertiary/aromatic N) is 3. The molecule has 0 saturated heterocycles. The number of hydrogen-bond acceptors (Lipinski definition) is 7. The highest BCUT2D eigenvalue weighted by molar-refractivity contribution is 7.09. The summed E-state index contributed by atoms with van der Waals surface area (Å²) in [7, 11) is 3.21. The van der Waals surface area contributed by atoms with Crippen molar-refractivity contribution in [2.75, 3.05) is 19.5 Å². The van der Waals surface area contributed by atoms with Gasteiger partial charge in [0.15, 0.2) is 5.82 Å². The molecule has 1 N–H and O–H groups in total. The SMILES string of the molecule is COc1ccc(-c2nc(NCc3cccs3)n(C(=O)C=Cc3ccccc3OC)n2)cc1. The third kappa shape index (κ3) is 4.87. The number of nitrogens with one attached hydrogen (secondary N) is 1. The van der Waals surface area contributed by atoms with E-state index < -0.39 is 0 Å². The smallest absolute Gasteiger partial charge is 0.274 e. The first kappa shape index (κ1) is 21.3. The van der Waals surface area contributed by atoms with E-state index in [1.165, 1.54) is 10.8 Å². The predicted molar refractivity (Wildman–Crippen MR) is 126 cm³/mol. The van der Waals surface area contributed by atoms with Crippen LogP contribution in [0.15, 0.2) is 72.1 Å². The lowest BCUT2D eigenvalue weighted by atomic mass is 10.2. The molecule has 32 heavy (non-hydrogen) atoms. The molecule has 0 amide bonds. The van der Waals surface area contributed by atoms with Crippen LogP contribution in [0.25, 0.3) is 17.5 Å². The number of ether oxygens (including phenoxy) is 2. The lowest BCUT2D eigenvalue weighted by molar-refractivity contribution is 0.0957. The molecule has 0 aliphatic carbocycles. The number of allylic oxidation sites excluding steroid dienone is 1. The van der Waals surface area contributed by atoms with Crippen LogP contribution < -0.4 is 14.8 Å². The Labute approximate surface area is 190 Å². The molecule has 4 aromatic rings. The maximum absolute atomic E-state index is 13.0. The normalized spacial score (nSPS) is 10.9. The number of benzene rings is 2. The molecule has 0 aliphatic heterocycles. The quantitative estimate of drug-likeness (QED) is 0.384. The van der Waals surface area contributed by atoms with Crippen molar-refractivity contribution in [2.45, 2.75) is 6.54 Å². The van der Waals surface area contributed by atoms with Gasteiger partial charge in [-0.15, -0.1) is 16.4 Å². The first-order valence-corrected chi connectivity index (χ1v) is 10.8. The molecule has 0 saturated carbocycles. The summed E-state index contributed by atoms with van der Waals surface area (Å²) in [6, 6.07) is 18.9. The average molecular weight is 447 g/mol. The second-order valence-corrected chi connectivity index (χ2v) is 7.78. The van der Waals surface area contributed by atoms with E-state index in [0.29, 0.717) is 24.1 Å². The minimum Gasteiger partial charge on any atom is -0.497 e. The fourth-order valence-corrected chi connectivity index (χ4v) is 3.70. The fourth-order valence-electron chi connectivity index (χ4n) is 3.06. The van der Waals surface area contributed by atoms with Gasteiger partial charge in [-0.3, -0.25) is 4.79 Å². The summed E-state index contributed by atoms with van der Waals surface area (Å²) < 4.78 is 11.8. The summed E-state index contributed by atoms with van der Waals surface area (Å²) in [5.74, 6) is 1.92. The number of methoxy groups -OCH3 is 2. The molecule has 0 fully saturated rings. The number of para-hydroxylation sites is 1. The number of thiophene rings is 1. The molecular weight excluding hydrogens is 424 g/mol. The van der Waals surface area contributed by atoms with Crippen LogP contribution in [0.4, 0.5) is 5.95 Å². The molecule has 8 heteroatoms. The summed E-state index contributed by atoms with van der Waals surface area (Å²) in [6.07, 6.45) is 3.17. The second-order valence-electron chi connectivity index (χ2n) is 6.75. The first-order valence-electron chi connectivity index (χ1n) is 9.91. The zero-order chi connectivity index (χ0) is 22.3. The number of aromatic nitrogens is 3. The Hall–Kier alpha value is -3.91. The van der Waals surface area contributed by atoms with Crippen LogP contribution in [0, 0.1) is 0 Å². The topological polar surface area (TPSA) is 78.3 Å². The molecule has 7 nitrogen and oxygen atoms in total. The molecule has 0 aliphatic rings.